The van der Waals surface area contributed by atoms with Gasteiger partial charge in [0.1, 0.15) is 0 Å². The van der Waals surface area contributed by atoms with E-state index >= 15 is 0 Å². The van der Waals surface area contributed by atoms with Crippen molar-refractivity contribution in [1.82, 2.24) is 5.32 Å². The van der Waals surface area contributed by atoms with Gasteiger partial charge in [0.15, 0.2) is 11.6 Å². The highest BCUT2D eigenvalue weighted by atomic mass is 79.9. The molecule has 1 fully saturated rings. The Morgan fingerprint density at radius 3 is 2.81 bits per heavy atom. The SMILES string of the molecule is COc1ccc(Br)c(C2(C)CCCN2)c1F. The van der Waals surface area contributed by atoms with E-state index in [9.17, 15) is 4.39 Å². The molecule has 1 saturated heterocycles. The van der Waals surface area contributed by atoms with E-state index < -0.39 is 0 Å². The number of halogens is 2. The molecule has 0 radical (unpaired) electrons. The van der Waals surface area contributed by atoms with Crippen LogP contribution in [0.3, 0.4) is 0 Å². The molecule has 88 valence electrons. The Balaban J connectivity index is 2.54. The van der Waals surface area contributed by atoms with Crippen LogP contribution in [-0.2, 0) is 5.54 Å². The lowest BCUT2D eigenvalue weighted by atomic mass is 9.90. The summed E-state index contributed by atoms with van der Waals surface area (Å²) in [6.45, 7) is 2.96. The molecule has 0 bridgehead atoms. The molecule has 2 nitrogen and oxygen atoms in total. The third-order valence-electron chi connectivity index (χ3n) is 3.20. The molecule has 16 heavy (non-hydrogen) atoms. The van der Waals surface area contributed by atoms with Crippen molar-refractivity contribution >= 4 is 15.9 Å². The first-order valence-electron chi connectivity index (χ1n) is 5.36. The van der Waals surface area contributed by atoms with E-state index in [-0.39, 0.29) is 11.4 Å². The number of nitrogens with one attached hydrogen (secondary N) is 1. The van der Waals surface area contributed by atoms with Gasteiger partial charge in [-0.05, 0) is 38.4 Å². The number of benzene rings is 1. The summed E-state index contributed by atoms with van der Waals surface area (Å²) in [4.78, 5) is 0. The van der Waals surface area contributed by atoms with Gasteiger partial charge in [-0.15, -0.1) is 0 Å². The molecule has 1 aromatic rings. The minimum atomic E-state index is -0.294. The lowest BCUT2D eigenvalue weighted by Gasteiger charge is -2.27. The van der Waals surface area contributed by atoms with Crippen molar-refractivity contribution < 1.29 is 9.13 Å². The lowest BCUT2D eigenvalue weighted by molar-refractivity contribution is 0.362. The largest absolute Gasteiger partial charge is 0.494 e. The second kappa shape index (κ2) is 4.34. The van der Waals surface area contributed by atoms with E-state index in [0.717, 1.165) is 23.9 Å². The van der Waals surface area contributed by atoms with Gasteiger partial charge in [-0.25, -0.2) is 4.39 Å². The third-order valence-corrected chi connectivity index (χ3v) is 3.86. The zero-order valence-electron chi connectivity index (χ0n) is 9.44. The van der Waals surface area contributed by atoms with Gasteiger partial charge in [-0.3, -0.25) is 0 Å². The second-order valence-electron chi connectivity index (χ2n) is 4.30. The zero-order chi connectivity index (χ0) is 11.8. The molecule has 1 aliphatic rings. The molecule has 0 saturated carbocycles. The highest BCUT2D eigenvalue weighted by Gasteiger charge is 2.35. The molecule has 0 aliphatic carbocycles. The predicted molar refractivity (Wildman–Crippen MR) is 65.2 cm³/mol. The molecular weight excluding hydrogens is 273 g/mol. The molecular formula is C12H15BrFNO. The minimum Gasteiger partial charge on any atom is -0.494 e. The van der Waals surface area contributed by atoms with E-state index in [2.05, 4.69) is 21.2 Å². The molecule has 0 spiro atoms. The van der Waals surface area contributed by atoms with Crippen molar-refractivity contribution in [2.45, 2.75) is 25.3 Å². The molecule has 1 aromatic carbocycles. The van der Waals surface area contributed by atoms with Crippen LogP contribution in [0.1, 0.15) is 25.3 Å². The van der Waals surface area contributed by atoms with E-state index in [1.165, 1.54) is 7.11 Å². The summed E-state index contributed by atoms with van der Waals surface area (Å²) in [6.07, 6.45) is 2.01. The van der Waals surface area contributed by atoms with Crippen LogP contribution in [-0.4, -0.2) is 13.7 Å². The summed E-state index contributed by atoms with van der Waals surface area (Å²) >= 11 is 3.42. The van der Waals surface area contributed by atoms with Crippen molar-refractivity contribution in [1.29, 1.82) is 0 Å². The summed E-state index contributed by atoms with van der Waals surface area (Å²) < 4.78 is 20.1. The molecule has 1 heterocycles. The van der Waals surface area contributed by atoms with E-state index in [0.29, 0.717) is 11.3 Å². The fourth-order valence-corrected chi connectivity index (χ4v) is 3.05. The van der Waals surface area contributed by atoms with Crippen LogP contribution >= 0.6 is 15.9 Å². The number of rotatable bonds is 2. The summed E-state index contributed by atoms with van der Waals surface area (Å²) in [6, 6.07) is 3.48. The normalized spacial score (nSPS) is 24.8. The van der Waals surface area contributed by atoms with E-state index in [1.54, 1.807) is 6.07 Å². The van der Waals surface area contributed by atoms with Crippen molar-refractivity contribution in [3.05, 3.63) is 28.0 Å². The van der Waals surface area contributed by atoms with Crippen molar-refractivity contribution in [3.8, 4) is 5.75 Å². The molecule has 1 N–H and O–H groups in total. The highest BCUT2D eigenvalue weighted by Crippen LogP contribution is 2.39. The molecule has 1 atom stereocenters. The van der Waals surface area contributed by atoms with Crippen LogP contribution in [0.2, 0.25) is 0 Å². The maximum absolute atomic E-state index is 14.2. The molecule has 1 unspecified atom stereocenters. The van der Waals surface area contributed by atoms with Gasteiger partial charge in [-0.1, -0.05) is 15.9 Å². The van der Waals surface area contributed by atoms with Crippen molar-refractivity contribution in [2.24, 2.45) is 0 Å². The maximum Gasteiger partial charge on any atom is 0.171 e. The number of methoxy groups -OCH3 is 1. The van der Waals surface area contributed by atoms with Gasteiger partial charge in [0, 0.05) is 15.6 Å². The van der Waals surface area contributed by atoms with Gasteiger partial charge in [0.2, 0.25) is 0 Å². The van der Waals surface area contributed by atoms with Crippen LogP contribution in [0.5, 0.6) is 5.75 Å². The van der Waals surface area contributed by atoms with Gasteiger partial charge >= 0.3 is 0 Å². The Morgan fingerprint density at radius 2 is 2.25 bits per heavy atom. The monoisotopic (exact) mass is 287 g/mol. The summed E-state index contributed by atoms with van der Waals surface area (Å²) in [5.74, 6) is 0.0295. The lowest BCUT2D eigenvalue weighted by Crippen LogP contribution is -2.34. The Hall–Kier alpha value is -0.610. The van der Waals surface area contributed by atoms with Crippen molar-refractivity contribution in [2.75, 3.05) is 13.7 Å². The topological polar surface area (TPSA) is 21.3 Å². The smallest absolute Gasteiger partial charge is 0.171 e. The molecule has 2 rings (SSSR count). The highest BCUT2D eigenvalue weighted by molar-refractivity contribution is 9.10. The Morgan fingerprint density at radius 1 is 1.50 bits per heavy atom. The fourth-order valence-electron chi connectivity index (χ4n) is 2.30. The van der Waals surface area contributed by atoms with Gasteiger partial charge in [-0.2, -0.15) is 0 Å². The van der Waals surface area contributed by atoms with Gasteiger partial charge in [0.05, 0.1) is 7.11 Å². The standard InChI is InChI=1S/C12H15BrFNO/c1-12(6-3-7-15-12)10-8(13)4-5-9(16-2)11(10)14/h4-5,15H,3,6-7H2,1-2H3. The van der Waals surface area contributed by atoms with E-state index in [4.69, 9.17) is 4.74 Å². The van der Waals surface area contributed by atoms with Gasteiger partial charge < -0.3 is 10.1 Å². The van der Waals surface area contributed by atoms with E-state index in [1.807, 2.05) is 13.0 Å². The van der Waals surface area contributed by atoms with Crippen LogP contribution in [0.4, 0.5) is 4.39 Å². The third kappa shape index (κ3) is 1.84. The minimum absolute atomic E-state index is 0.270. The van der Waals surface area contributed by atoms with Crippen LogP contribution in [0.25, 0.3) is 0 Å². The van der Waals surface area contributed by atoms with Crippen molar-refractivity contribution in [3.63, 3.8) is 0 Å². The Kier molecular flexibility index (Phi) is 3.22. The molecule has 1 aliphatic heterocycles. The van der Waals surface area contributed by atoms with Crippen LogP contribution in [0.15, 0.2) is 16.6 Å². The Bertz CT molecular complexity index is 402. The van der Waals surface area contributed by atoms with Crippen LogP contribution in [0, 0.1) is 5.82 Å². The number of hydrogen-bond acceptors (Lipinski definition) is 2. The number of hydrogen-bond donors (Lipinski definition) is 1. The molecule has 0 aromatic heterocycles. The Labute approximate surface area is 103 Å². The maximum atomic E-state index is 14.2. The second-order valence-corrected chi connectivity index (χ2v) is 5.16. The predicted octanol–water partition coefficient (Wildman–Crippen LogP) is 3.20. The quantitative estimate of drug-likeness (QED) is 0.902. The fraction of sp³-hybridized carbons (Fsp3) is 0.500. The zero-order valence-corrected chi connectivity index (χ0v) is 11.0. The molecule has 4 heteroatoms. The van der Waals surface area contributed by atoms with Crippen LogP contribution < -0.4 is 10.1 Å². The first kappa shape index (κ1) is 11.9. The van der Waals surface area contributed by atoms with Gasteiger partial charge in [0.25, 0.3) is 0 Å². The number of ether oxygens (including phenoxy) is 1. The molecule has 0 amide bonds. The summed E-state index contributed by atoms with van der Waals surface area (Å²) in [5.41, 5.74) is 0.377. The summed E-state index contributed by atoms with van der Waals surface area (Å²) in [5, 5.41) is 3.36. The average Bonchev–Trinajstić information content (AvgIpc) is 2.66. The average molecular weight is 288 g/mol. The summed E-state index contributed by atoms with van der Waals surface area (Å²) in [7, 11) is 1.49. The first-order valence-corrected chi connectivity index (χ1v) is 6.15. The first-order chi connectivity index (χ1) is 7.58.